The molecule has 3 heteroatoms. The van der Waals surface area contributed by atoms with Gasteiger partial charge in [-0.3, -0.25) is 9.69 Å². The topological polar surface area (TPSA) is 44.1 Å². The van der Waals surface area contributed by atoms with Gasteiger partial charge in [0.1, 0.15) is 0 Å². The zero-order valence-corrected chi connectivity index (χ0v) is 15.5. The van der Waals surface area contributed by atoms with E-state index in [4.69, 9.17) is 0 Å². The van der Waals surface area contributed by atoms with Crippen molar-refractivity contribution in [1.29, 1.82) is 5.26 Å². The minimum atomic E-state index is 0.0226. The fourth-order valence-electron chi connectivity index (χ4n) is 5.94. The maximum absolute atomic E-state index is 13.4. The van der Waals surface area contributed by atoms with Crippen molar-refractivity contribution in [2.24, 2.45) is 5.92 Å². The molecule has 0 aromatic heterocycles. The van der Waals surface area contributed by atoms with Crippen molar-refractivity contribution in [3.63, 3.8) is 0 Å². The van der Waals surface area contributed by atoms with Crippen molar-refractivity contribution in [3.05, 3.63) is 70.8 Å². The first-order valence-electron chi connectivity index (χ1n) is 10.1. The summed E-state index contributed by atoms with van der Waals surface area (Å²) in [5, 5.41) is 9.39. The SMILES string of the molecule is N#Cc1ccc2c(c1)C13CCCCC1C(C2=O)N(CCc1ccccc1)C3. The van der Waals surface area contributed by atoms with E-state index in [0.29, 0.717) is 11.5 Å². The van der Waals surface area contributed by atoms with E-state index in [1.807, 2.05) is 24.3 Å². The third-order valence-electron chi connectivity index (χ3n) is 7.11. The van der Waals surface area contributed by atoms with Crippen LogP contribution < -0.4 is 0 Å². The molecule has 2 aromatic rings. The number of hydrogen-bond donors (Lipinski definition) is 0. The smallest absolute Gasteiger partial charge is 0.180 e. The molecule has 5 rings (SSSR count). The van der Waals surface area contributed by atoms with Gasteiger partial charge in [-0.05, 0) is 54.5 Å². The second kappa shape index (κ2) is 6.32. The van der Waals surface area contributed by atoms with Crippen LogP contribution >= 0.6 is 0 Å². The van der Waals surface area contributed by atoms with Gasteiger partial charge in [0, 0.05) is 24.1 Å². The summed E-state index contributed by atoms with van der Waals surface area (Å²) in [5.74, 6) is 0.693. The molecular formula is C24H24N2O. The second-order valence-electron chi connectivity index (χ2n) is 8.40. The van der Waals surface area contributed by atoms with E-state index in [2.05, 4.69) is 35.2 Å². The van der Waals surface area contributed by atoms with Crippen molar-refractivity contribution >= 4 is 5.78 Å². The van der Waals surface area contributed by atoms with Crippen molar-refractivity contribution in [2.45, 2.75) is 43.6 Å². The number of Topliss-reactive ketones (excluding diaryl/α,β-unsaturated/α-hetero) is 1. The summed E-state index contributed by atoms with van der Waals surface area (Å²) < 4.78 is 0. The summed E-state index contributed by atoms with van der Waals surface area (Å²) in [6, 6.07) is 18.6. The van der Waals surface area contributed by atoms with Crippen LogP contribution in [0.2, 0.25) is 0 Å². The highest BCUT2D eigenvalue weighted by atomic mass is 16.1. The summed E-state index contributed by atoms with van der Waals surface area (Å²) in [6.45, 7) is 1.89. The molecule has 1 saturated heterocycles. The van der Waals surface area contributed by atoms with Crippen molar-refractivity contribution in [2.75, 3.05) is 13.1 Å². The van der Waals surface area contributed by atoms with Crippen LogP contribution in [0, 0.1) is 17.2 Å². The number of benzene rings is 2. The summed E-state index contributed by atoms with van der Waals surface area (Å²) in [6.07, 6.45) is 5.70. The van der Waals surface area contributed by atoms with Gasteiger partial charge in [0.15, 0.2) is 5.78 Å². The van der Waals surface area contributed by atoms with Crippen LogP contribution in [0.3, 0.4) is 0 Å². The first-order valence-corrected chi connectivity index (χ1v) is 10.1. The predicted molar refractivity (Wildman–Crippen MR) is 105 cm³/mol. The number of fused-ring (bicyclic) bond motifs is 1. The van der Waals surface area contributed by atoms with Gasteiger partial charge >= 0.3 is 0 Å². The molecule has 0 amide bonds. The Morgan fingerprint density at radius 3 is 2.81 bits per heavy atom. The molecule has 2 aliphatic carbocycles. The molecule has 3 nitrogen and oxygen atoms in total. The molecular weight excluding hydrogens is 332 g/mol. The van der Waals surface area contributed by atoms with Crippen molar-refractivity contribution in [1.82, 2.24) is 4.90 Å². The number of carbonyl (C=O) groups is 1. The summed E-state index contributed by atoms with van der Waals surface area (Å²) >= 11 is 0. The fraction of sp³-hybridized carbons (Fsp3) is 0.417. The number of ketones is 1. The molecule has 2 fully saturated rings. The lowest BCUT2D eigenvalue weighted by atomic mass is 9.58. The zero-order chi connectivity index (χ0) is 18.4. The maximum atomic E-state index is 13.4. The lowest BCUT2D eigenvalue weighted by molar-refractivity contribution is 0.0786. The Kier molecular flexibility index (Phi) is 3.91. The largest absolute Gasteiger partial charge is 0.292 e. The lowest BCUT2D eigenvalue weighted by Crippen LogP contribution is -2.47. The van der Waals surface area contributed by atoms with Gasteiger partial charge in [-0.1, -0.05) is 43.2 Å². The molecule has 1 aliphatic heterocycles. The number of nitriles is 1. The minimum absolute atomic E-state index is 0.0226. The zero-order valence-electron chi connectivity index (χ0n) is 15.5. The molecule has 3 aliphatic rings. The van der Waals surface area contributed by atoms with Crippen LogP contribution in [-0.2, 0) is 11.8 Å². The number of likely N-dealkylation sites (tertiary alicyclic amines) is 1. The van der Waals surface area contributed by atoms with Gasteiger partial charge in [0.2, 0.25) is 0 Å². The molecule has 0 N–H and O–H groups in total. The van der Waals surface area contributed by atoms with Crippen LogP contribution in [0.5, 0.6) is 0 Å². The van der Waals surface area contributed by atoms with Crippen LogP contribution in [0.15, 0.2) is 48.5 Å². The molecule has 0 spiro atoms. The van der Waals surface area contributed by atoms with Crippen molar-refractivity contribution in [3.8, 4) is 6.07 Å². The standard InChI is InChI=1S/C24H24N2O/c25-15-18-9-10-19-21(14-18)24-12-5-4-8-20(24)22(23(19)27)26(16-24)13-11-17-6-2-1-3-7-17/h1-3,6-7,9-10,14,20,22H,4-5,8,11-13,16H2. The molecule has 3 unspecified atom stereocenters. The minimum Gasteiger partial charge on any atom is -0.292 e. The first-order chi connectivity index (χ1) is 13.2. The molecule has 0 radical (unpaired) electrons. The molecule has 27 heavy (non-hydrogen) atoms. The van der Waals surface area contributed by atoms with E-state index in [9.17, 15) is 10.1 Å². The lowest BCUT2D eigenvalue weighted by Gasteiger charge is -2.44. The van der Waals surface area contributed by atoms with Gasteiger partial charge in [-0.15, -0.1) is 0 Å². The number of hydrogen-bond acceptors (Lipinski definition) is 3. The van der Waals surface area contributed by atoms with Gasteiger partial charge in [-0.25, -0.2) is 0 Å². The highest BCUT2D eigenvalue weighted by Gasteiger charge is 2.60. The first kappa shape index (κ1) is 16.7. The van der Waals surface area contributed by atoms with E-state index in [1.54, 1.807) is 0 Å². The summed E-state index contributed by atoms with van der Waals surface area (Å²) in [4.78, 5) is 15.9. The van der Waals surface area contributed by atoms with Crippen LogP contribution in [0.4, 0.5) is 0 Å². The molecule has 2 aromatic carbocycles. The fourth-order valence-corrected chi connectivity index (χ4v) is 5.94. The van der Waals surface area contributed by atoms with Crippen LogP contribution in [0.1, 0.15) is 52.7 Å². The van der Waals surface area contributed by atoms with Gasteiger partial charge < -0.3 is 0 Å². The Morgan fingerprint density at radius 2 is 2.00 bits per heavy atom. The van der Waals surface area contributed by atoms with E-state index < -0.39 is 0 Å². The third kappa shape index (κ3) is 2.47. The van der Waals surface area contributed by atoms with Crippen LogP contribution in [0.25, 0.3) is 0 Å². The molecule has 1 saturated carbocycles. The highest BCUT2D eigenvalue weighted by Crippen LogP contribution is 2.56. The van der Waals surface area contributed by atoms with E-state index >= 15 is 0 Å². The van der Waals surface area contributed by atoms with Gasteiger partial charge in [0.25, 0.3) is 0 Å². The number of carbonyl (C=O) groups excluding carboxylic acids is 1. The molecule has 3 atom stereocenters. The molecule has 1 heterocycles. The van der Waals surface area contributed by atoms with E-state index in [-0.39, 0.29) is 17.2 Å². The number of rotatable bonds is 3. The van der Waals surface area contributed by atoms with Crippen LogP contribution in [-0.4, -0.2) is 29.8 Å². The average Bonchev–Trinajstić information content (AvgIpc) is 3.02. The molecule has 2 bridgehead atoms. The maximum Gasteiger partial charge on any atom is 0.180 e. The Labute approximate surface area is 160 Å². The Balaban J connectivity index is 1.53. The third-order valence-corrected chi connectivity index (χ3v) is 7.11. The quantitative estimate of drug-likeness (QED) is 0.831. The number of nitrogens with zero attached hydrogens (tertiary/aromatic N) is 2. The molecule has 136 valence electrons. The highest BCUT2D eigenvalue weighted by molar-refractivity contribution is 6.04. The second-order valence-corrected chi connectivity index (χ2v) is 8.40. The van der Waals surface area contributed by atoms with Gasteiger partial charge in [-0.2, -0.15) is 5.26 Å². The monoisotopic (exact) mass is 356 g/mol. The Bertz CT molecular complexity index is 929. The Morgan fingerprint density at radius 1 is 1.15 bits per heavy atom. The average molecular weight is 356 g/mol. The summed E-state index contributed by atoms with van der Waals surface area (Å²) in [7, 11) is 0. The van der Waals surface area contributed by atoms with E-state index in [0.717, 1.165) is 43.5 Å². The summed E-state index contributed by atoms with van der Waals surface area (Å²) in [5.41, 5.74) is 4.11. The van der Waals surface area contributed by atoms with Crippen molar-refractivity contribution < 1.29 is 4.79 Å². The van der Waals surface area contributed by atoms with Gasteiger partial charge in [0.05, 0.1) is 17.7 Å². The predicted octanol–water partition coefficient (Wildman–Crippen LogP) is 4.11. The van der Waals surface area contributed by atoms with E-state index in [1.165, 1.54) is 18.4 Å². The Hall–Kier alpha value is -2.44. The normalized spacial score (nSPS) is 29.1.